The van der Waals surface area contributed by atoms with Crippen LogP contribution >= 0.6 is 11.6 Å². The molecule has 92 valence electrons. The summed E-state index contributed by atoms with van der Waals surface area (Å²) in [6, 6.07) is 3.97. The molecule has 0 heterocycles. The summed E-state index contributed by atoms with van der Waals surface area (Å²) < 4.78 is 0. The van der Waals surface area contributed by atoms with Gasteiger partial charge in [-0.1, -0.05) is 6.07 Å². The quantitative estimate of drug-likeness (QED) is 0.427. The molecular weight excluding hydrogens is 246 g/mol. The lowest BCUT2D eigenvalue weighted by Gasteiger charge is -2.11. The van der Waals surface area contributed by atoms with E-state index in [-0.39, 0.29) is 16.8 Å². The van der Waals surface area contributed by atoms with Crippen LogP contribution in [0.4, 0.5) is 5.69 Å². The third-order valence-corrected chi connectivity index (χ3v) is 2.45. The molecule has 1 aromatic carbocycles. The number of nitrogen functional groups attached to an aromatic ring is 1. The highest BCUT2D eigenvalue weighted by atomic mass is 35.5. The maximum Gasteiger partial charge on any atom is 0.337 e. The average Bonchev–Trinajstić information content (AvgIpc) is 2.27. The van der Waals surface area contributed by atoms with E-state index in [1.807, 2.05) is 0 Å². The summed E-state index contributed by atoms with van der Waals surface area (Å²) in [7, 11) is 0. The van der Waals surface area contributed by atoms with Crippen molar-refractivity contribution in [3.63, 3.8) is 0 Å². The number of carboxylic acid groups (broad SMARTS) is 1. The van der Waals surface area contributed by atoms with Crippen LogP contribution in [-0.2, 0) is 4.79 Å². The normalized spacial score (nSPS) is 14.1. The van der Waals surface area contributed by atoms with Crippen LogP contribution in [-0.4, -0.2) is 27.3 Å². The fourth-order valence-corrected chi connectivity index (χ4v) is 1.43. The molecule has 17 heavy (non-hydrogen) atoms. The summed E-state index contributed by atoms with van der Waals surface area (Å²) in [5.41, 5.74) is 6.00. The minimum atomic E-state index is -1.69. The Bertz CT molecular complexity index is 459. The Balaban J connectivity index is 3.19. The molecule has 6 heteroatoms. The molecule has 2 atom stereocenters. The molecule has 0 aromatic heterocycles. The topological polar surface area (TPSA) is 101 Å². The number of aliphatic hydroxyl groups excluding tert-OH is 1. The number of carbonyl (C=O) groups is 2. The van der Waals surface area contributed by atoms with Gasteiger partial charge in [-0.05, 0) is 24.6 Å². The molecule has 0 saturated heterocycles. The lowest BCUT2D eigenvalue weighted by atomic mass is 10.0. The maximum atomic E-state index is 11.7. The summed E-state index contributed by atoms with van der Waals surface area (Å²) in [4.78, 5) is 22.3. The van der Waals surface area contributed by atoms with E-state index in [1.165, 1.54) is 25.1 Å². The Morgan fingerprint density at radius 3 is 2.47 bits per heavy atom. The predicted molar refractivity (Wildman–Crippen MR) is 63.1 cm³/mol. The third-order valence-electron chi connectivity index (χ3n) is 2.25. The number of ketones is 1. The summed E-state index contributed by atoms with van der Waals surface area (Å²) in [6.07, 6.45) is -1.69. The first-order valence-corrected chi connectivity index (χ1v) is 5.26. The van der Waals surface area contributed by atoms with Crippen molar-refractivity contribution in [2.24, 2.45) is 0 Å². The van der Waals surface area contributed by atoms with Crippen molar-refractivity contribution in [2.45, 2.75) is 18.4 Å². The van der Waals surface area contributed by atoms with Gasteiger partial charge in [0, 0.05) is 11.3 Å². The van der Waals surface area contributed by atoms with Gasteiger partial charge in [-0.3, -0.25) is 4.79 Å². The van der Waals surface area contributed by atoms with E-state index < -0.39 is 23.2 Å². The highest BCUT2D eigenvalue weighted by Crippen LogP contribution is 2.22. The van der Waals surface area contributed by atoms with E-state index in [9.17, 15) is 14.7 Å². The van der Waals surface area contributed by atoms with Gasteiger partial charge in [-0.25, -0.2) is 4.79 Å². The molecule has 0 aliphatic rings. The van der Waals surface area contributed by atoms with Gasteiger partial charge in [-0.15, -0.1) is 11.6 Å². The molecule has 0 aliphatic heterocycles. The second kappa shape index (κ2) is 5.16. The van der Waals surface area contributed by atoms with E-state index in [0.717, 1.165) is 0 Å². The fourth-order valence-electron chi connectivity index (χ4n) is 1.31. The Morgan fingerprint density at radius 1 is 1.41 bits per heavy atom. The second-order valence-corrected chi connectivity index (χ2v) is 4.22. The first kappa shape index (κ1) is 13.5. The molecule has 0 saturated carbocycles. The smallest absolute Gasteiger partial charge is 0.337 e. The number of aliphatic carboxylic acids is 1. The van der Waals surface area contributed by atoms with E-state index in [2.05, 4.69) is 0 Å². The summed E-state index contributed by atoms with van der Waals surface area (Å²) in [5.74, 6) is -1.81. The van der Waals surface area contributed by atoms with Crippen LogP contribution in [0.25, 0.3) is 0 Å². The molecule has 2 unspecified atom stereocenters. The monoisotopic (exact) mass is 257 g/mol. The van der Waals surface area contributed by atoms with Crippen molar-refractivity contribution in [1.29, 1.82) is 0 Å². The number of halogens is 1. The molecule has 1 aromatic rings. The third kappa shape index (κ3) is 2.95. The highest BCUT2D eigenvalue weighted by molar-refractivity contribution is 6.34. The van der Waals surface area contributed by atoms with E-state index in [1.54, 1.807) is 0 Å². The minimum absolute atomic E-state index is 0.0902. The number of anilines is 1. The van der Waals surface area contributed by atoms with Crippen molar-refractivity contribution in [1.82, 2.24) is 0 Å². The van der Waals surface area contributed by atoms with Crippen molar-refractivity contribution >= 4 is 29.0 Å². The number of nitrogens with two attached hydrogens (primary N) is 1. The SMILES string of the molecule is CC(Cl)C(=O)c1cc(C(O)C(=O)O)ccc1N. The standard InChI is InChI=1S/C11H12ClNO4/c1-5(12)9(14)7-4-6(2-3-8(7)13)10(15)11(16)17/h2-5,10,15H,13H2,1H3,(H,16,17). The molecule has 0 spiro atoms. The van der Waals surface area contributed by atoms with E-state index >= 15 is 0 Å². The van der Waals surface area contributed by atoms with Gasteiger partial charge >= 0.3 is 5.97 Å². The van der Waals surface area contributed by atoms with Gasteiger partial charge in [0.1, 0.15) is 0 Å². The first-order chi connectivity index (χ1) is 7.84. The highest BCUT2D eigenvalue weighted by Gasteiger charge is 2.20. The van der Waals surface area contributed by atoms with Crippen LogP contribution in [0.15, 0.2) is 18.2 Å². The minimum Gasteiger partial charge on any atom is -0.479 e. The van der Waals surface area contributed by atoms with Gasteiger partial charge in [0.15, 0.2) is 11.9 Å². The van der Waals surface area contributed by atoms with Crippen molar-refractivity contribution < 1.29 is 19.8 Å². The van der Waals surface area contributed by atoms with Crippen molar-refractivity contribution in [3.05, 3.63) is 29.3 Å². The molecule has 1 rings (SSSR count). The maximum absolute atomic E-state index is 11.7. The first-order valence-electron chi connectivity index (χ1n) is 4.83. The Hall–Kier alpha value is -1.59. The lowest BCUT2D eigenvalue weighted by molar-refractivity contribution is -0.146. The zero-order valence-corrected chi connectivity index (χ0v) is 9.81. The number of rotatable bonds is 4. The number of alkyl halides is 1. The lowest BCUT2D eigenvalue weighted by Crippen LogP contribution is -2.16. The average molecular weight is 258 g/mol. The summed E-state index contributed by atoms with van der Waals surface area (Å²) in [6.45, 7) is 1.49. The number of carboxylic acids is 1. The van der Waals surface area contributed by atoms with Gasteiger partial charge in [0.25, 0.3) is 0 Å². The largest absolute Gasteiger partial charge is 0.479 e. The zero-order valence-electron chi connectivity index (χ0n) is 9.05. The molecule has 0 bridgehead atoms. The molecule has 0 amide bonds. The van der Waals surface area contributed by atoms with Crippen LogP contribution in [0.1, 0.15) is 28.9 Å². The molecule has 0 fully saturated rings. The van der Waals surface area contributed by atoms with E-state index in [0.29, 0.717) is 0 Å². The van der Waals surface area contributed by atoms with Crippen LogP contribution in [0.3, 0.4) is 0 Å². The predicted octanol–water partition coefficient (Wildman–Crippen LogP) is 1.20. The summed E-state index contributed by atoms with van der Waals surface area (Å²) >= 11 is 5.65. The molecular formula is C11H12ClNO4. The fraction of sp³-hybridized carbons (Fsp3) is 0.273. The Kier molecular flexibility index (Phi) is 4.09. The van der Waals surface area contributed by atoms with Gasteiger partial charge in [-0.2, -0.15) is 0 Å². The van der Waals surface area contributed by atoms with Gasteiger partial charge < -0.3 is 15.9 Å². The molecule has 0 aliphatic carbocycles. The van der Waals surface area contributed by atoms with Crippen LogP contribution in [0.2, 0.25) is 0 Å². The number of hydrogen-bond donors (Lipinski definition) is 3. The van der Waals surface area contributed by atoms with Crippen LogP contribution in [0, 0.1) is 0 Å². The Labute approximate surface area is 103 Å². The van der Waals surface area contributed by atoms with Gasteiger partial charge in [0.05, 0.1) is 5.38 Å². The Morgan fingerprint density at radius 2 is 2.00 bits per heavy atom. The molecule has 5 nitrogen and oxygen atoms in total. The van der Waals surface area contributed by atoms with Crippen molar-refractivity contribution in [2.75, 3.05) is 5.73 Å². The number of Topliss-reactive ketones (excluding diaryl/α,β-unsaturated/α-hetero) is 1. The number of aliphatic hydroxyl groups is 1. The second-order valence-electron chi connectivity index (χ2n) is 3.57. The van der Waals surface area contributed by atoms with Crippen LogP contribution < -0.4 is 5.73 Å². The zero-order chi connectivity index (χ0) is 13.2. The summed E-state index contributed by atoms with van der Waals surface area (Å²) in [5, 5.41) is 17.2. The number of carbonyl (C=O) groups excluding carboxylic acids is 1. The number of hydrogen-bond acceptors (Lipinski definition) is 4. The molecule has 4 N–H and O–H groups in total. The number of benzene rings is 1. The van der Waals surface area contributed by atoms with Gasteiger partial charge in [0.2, 0.25) is 0 Å². The van der Waals surface area contributed by atoms with Crippen LogP contribution in [0.5, 0.6) is 0 Å². The van der Waals surface area contributed by atoms with Crippen molar-refractivity contribution in [3.8, 4) is 0 Å². The van der Waals surface area contributed by atoms with E-state index in [4.69, 9.17) is 22.4 Å². The molecule has 0 radical (unpaired) electrons.